The molecule has 0 aliphatic heterocycles. The summed E-state index contributed by atoms with van der Waals surface area (Å²) < 4.78 is 0. The molecule has 4 rings (SSSR count). The molecule has 5 unspecified atom stereocenters. The summed E-state index contributed by atoms with van der Waals surface area (Å²) in [6.45, 7) is 4.46. The molecule has 0 aromatic heterocycles. The van der Waals surface area contributed by atoms with E-state index >= 15 is 0 Å². The molecule has 122 valence electrons. The lowest BCUT2D eigenvalue weighted by Gasteiger charge is -2.59. The molecule has 4 fully saturated rings. The summed E-state index contributed by atoms with van der Waals surface area (Å²) in [6.07, 6.45) is 6.67. The van der Waals surface area contributed by atoms with Crippen molar-refractivity contribution in [3.05, 3.63) is 0 Å². The molecule has 22 heavy (non-hydrogen) atoms. The van der Waals surface area contributed by atoms with E-state index in [0.29, 0.717) is 42.2 Å². The second kappa shape index (κ2) is 4.66. The molecule has 0 spiro atoms. The van der Waals surface area contributed by atoms with Crippen LogP contribution in [0.2, 0.25) is 0 Å². The van der Waals surface area contributed by atoms with E-state index in [1.165, 1.54) is 0 Å². The highest BCUT2D eigenvalue weighted by molar-refractivity contribution is 5.88. The van der Waals surface area contributed by atoms with Gasteiger partial charge in [0.25, 0.3) is 0 Å². The Morgan fingerprint density at radius 1 is 1.05 bits per heavy atom. The Kier molecular flexibility index (Phi) is 3.15. The highest BCUT2D eigenvalue weighted by Gasteiger charge is 2.62. The summed E-state index contributed by atoms with van der Waals surface area (Å²) in [5, 5.41) is 10.0. The molecular weight excluding hydrogens is 276 g/mol. The van der Waals surface area contributed by atoms with Gasteiger partial charge in [0.05, 0.1) is 6.10 Å². The molecule has 0 radical (unpaired) electrons. The fourth-order valence-corrected chi connectivity index (χ4v) is 6.79. The Balaban J connectivity index is 1.69. The standard InChI is InChI=1S/C19H28O3/c1-18-7-5-11(20)9-15(18)16(21)10-12-13-3-4-17(22)19(13,2)8-6-14(12)18/h11-15,20H,3-10H2,1-2H3/t11?,12?,13?,14?,15-,18-,19?/m1/s1. The van der Waals surface area contributed by atoms with Crippen LogP contribution in [0.5, 0.6) is 0 Å². The molecule has 3 nitrogen and oxygen atoms in total. The molecule has 4 aliphatic carbocycles. The smallest absolute Gasteiger partial charge is 0.139 e. The van der Waals surface area contributed by atoms with Crippen LogP contribution in [0.25, 0.3) is 0 Å². The van der Waals surface area contributed by atoms with Gasteiger partial charge in [-0.2, -0.15) is 0 Å². The van der Waals surface area contributed by atoms with Gasteiger partial charge in [-0.1, -0.05) is 13.8 Å². The van der Waals surface area contributed by atoms with Crippen molar-refractivity contribution in [2.24, 2.45) is 34.5 Å². The molecule has 0 aromatic carbocycles. The minimum Gasteiger partial charge on any atom is -0.393 e. The summed E-state index contributed by atoms with van der Waals surface area (Å²) in [5.74, 6) is 2.27. The van der Waals surface area contributed by atoms with Crippen LogP contribution in [0.4, 0.5) is 0 Å². The molecule has 0 saturated heterocycles. The maximum Gasteiger partial charge on any atom is 0.139 e. The van der Waals surface area contributed by atoms with E-state index in [2.05, 4.69) is 13.8 Å². The fraction of sp³-hybridized carbons (Fsp3) is 0.895. The van der Waals surface area contributed by atoms with E-state index in [4.69, 9.17) is 0 Å². The van der Waals surface area contributed by atoms with E-state index in [0.717, 1.165) is 38.5 Å². The van der Waals surface area contributed by atoms with Crippen LogP contribution in [-0.2, 0) is 9.59 Å². The molecule has 0 aromatic rings. The largest absolute Gasteiger partial charge is 0.393 e. The van der Waals surface area contributed by atoms with Gasteiger partial charge >= 0.3 is 0 Å². The van der Waals surface area contributed by atoms with E-state index in [1.807, 2.05) is 0 Å². The minimum atomic E-state index is -0.291. The summed E-state index contributed by atoms with van der Waals surface area (Å²) in [6, 6.07) is 0. The maximum absolute atomic E-state index is 12.8. The number of carbonyl (C=O) groups is 2. The number of hydrogen-bond donors (Lipinski definition) is 1. The quantitative estimate of drug-likeness (QED) is 0.748. The molecule has 0 bridgehead atoms. The number of ketones is 2. The highest BCUT2D eigenvalue weighted by Crippen LogP contribution is 2.64. The van der Waals surface area contributed by atoms with Crippen molar-refractivity contribution in [1.82, 2.24) is 0 Å². The Bertz CT molecular complexity index is 527. The average molecular weight is 304 g/mol. The Hall–Kier alpha value is -0.700. The normalized spacial score (nSPS) is 54.6. The van der Waals surface area contributed by atoms with Crippen molar-refractivity contribution in [2.45, 2.75) is 71.3 Å². The SMILES string of the molecule is CC12CCC3C(CC(=O)[C@H]4CC(O)CC[C@]34C)C1CCC2=O. The second-order valence-corrected chi connectivity index (χ2v) is 8.95. The summed E-state index contributed by atoms with van der Waals surface area (Å²) >= 11 is 0. The summed E-state index contributed by atoms with van der Waals surface area (Å²) in [4.78, 5) is 25.2. The van der Waals surface area contributed by atoms with Crippen molar-refractivity contribution in [1.29, 1.82) is 0 Å². The van der Waals surface area contributed by atoms with Crippen LogP contribution in [-0.4, -0.2) is 22.8 Å². The first-order valence-electron chi connectivity index (χ1n) is 9.10. The van der Waals surface area contributed by atoms with Gasteiger partial charge in [-0.05, 0) is 61.7 Å². The molecule has 3 heteroatoms. The Labute approximate surface area is 132 Å². The van der Waals surface area contributed by atoms with Gasteiger partial charge in [-0.15, -0.1) is 0 Å². The summed E-state index contributed by atoms with van der Waals surface area (Å²) in [5.41, 5.74) is -0.0922. The van der Waals surface area contributed by atoms with Crippen molar-refractivity contribution in [3.8, 4) is 0 Å². The number of rotatable bonds is 0. The zero-order valence-electron chi connectivity index (χ0n) is 13.8. The maximum atomic E-state index is 12.8. The first-order chi connectivity index (χ1) is 10.4. The lowest BCUT2D eigenvalue weighted by molar-refractivity contribution is -0.160. The van der Waals surface area contributed by atoms with Crippen LogP contribution in [0.15, 0.2) is 0 Å². The number of aliphatic hydroxyl groups excluding tert-OH is 1. The van der Waals surface area contributed by atoms with Crippen molar-refractivity contribution >= 4 is 11.6 Å². The molecule has 0 heterocycles. The van der Waals surface area contributed by atoms with E-state index < -0.39 is 0 Å². The minimum absolute atomic E-state index is 0.0546. The van der Waals surface area contributed by atoms with Gasteiger partial charge in [0.15, 0.2) is 0 Å². The van der Waals surface area contributed by atoms with Crippen LogP contribution < -0.4 is 0 Å². The molecule has 4 saturated carbocycles. The van der Waals surface area contributed by atoms with Gasteiger partial charge in [0, 0.05) is 24.2 Å². The predicted octanol–water partition coefficient (Wildman–Crippen LogP) is 3.14. The second-order valence-electron chi connectivity index (χ2n) is 8.95. The number of aliphatic hydroxyl groups is 1. The Morgan fingerprint density at radius 3 is 2.59 bits per heavy atom. The highest BCUT2D eigenvalue weighted by atomic mass is 16.3. The summed E-state index contributed by atoms with van der Waals surface area (Å²) in [7, 11) is 0. The zero-order valence-corrected chi connectivity index (χ0v) is 13.8. The topological polar surface area (TPSA) is 54.4 Å². The molecule has 4 aliphatic rings. The molecule has 0 amide bonds. The first-order valence-corrected chi connectivity index (χ1v) is 9.10. The monoisotopic (exact) mass is 304 g/mol. The van der Waals surface area contributed by atoms with Gasteiger partial charge in [0.2, 0.25) is 0 Å². The number of hydrogen-bond acceptors (Lipinski definition) is 3. The molecule has 1 N–H and O–H groups in total. The zero-order chi connectivity index (χ0) is 15.7. The van der Waals surface area contributed by atoms with Gasteiger partial charge in [-0.3, -0.25) is 9.59 Å². The van der Waals surface area contributed by atoms with Gasteiger partial charge < -0.3 is 5.11 Å². The lowest BCUT2D eigenvalue weighted by atomic mass is 9.45. The third-order valence-corrected chi connectivity index (χ3v) is 8.14. The Morgan fingerprint density at radius 2 is 1.82 bits per heavy atom. The van der Waals surface area contributed by atoms with Gasteiger partial charge in [0.1, 0.15) is 11.6 Å². The fourth-order valence-electron chi connectivity index (χ4n) is 6.79. The van der Waals surface area contributed by atoms with Crippen molar-refractivity contribution in [3.63, 3.8) is 0 Å². The third-order valence-electron chi connectivity index (χ3n) is 8.14. The molecule has 7 atom stereocenters. The third kappa shape index (κ3) is 1.78. The predicted molar refractivity (Wildman–Crippen MR) is 83.1 cm³/mol. The van der Waals surface area contributed by atoms with E-state index in [1.54, 1.807) is 0 Å². The van der Waals surface area contributed by atoms with E-state index in [-0.39, 0.29) is 22.9 Å². The average Bonchev–Trinajstić information content (AvgIpc) is 2.77. The van der Waals surface area contributed by atoms with Crippen molar-refractivity contribution < 1.29 is 14.7 Å². The van der Waals surface area contributed by atoms with Crippen LogP contribution >= 0.6 is 0 Å². The van der Waals surface area contributed by atoms with Crippen LogP contribution in [0.1, 0.15) is 65.2 Å². The van der Waals surface area contributed by atoms with E-state index in [9.17, 15) is 14.7 Å². The number of carbonyl (C=O) groups excluding carboxylic acids is 2. The number of Topliss-reactive ketones (excluding diaryl/α,β-unsaturated/α-hetero) is 2. The molecular formula is C19H28O3. The lowest BCUT2D eigenvalue weighted by Crippen LogP contribution is -2.57. The van der Waals surface area contributed by atoms with Crippen LogP contribution in [0, 0.1) is 34.5 Å². The van der Waals surface area contributed by atoms with Gasteiger partial charge in [-0.25, -0.2) is 0 Å². The first kappa shape index (κ1) is 14.9. The number of fused-ring (bicyclic) bond motifs is 5. The van der Waals surface area contributed by atoms with Crippen LogP contribution in [0.3, 0.4) is 0 Å². The van der Waals surface area contributed by atoms with Crippen molar-refractivity contribution in [2.75, 3.05) is 0 Å².